The van der Waals surface area contributed by atoms with Crippen LogP contribution >= 0.6 is 0 Å². The molecule has 0 radical (unpaired) electrons. The number of terminal acetylenes is 2. The molecule has 24 heavy (non-hydrogen) atoms. The molecule has 0 fully saturated rings. The Morgan fingerprint density at radius 1 is 0.708 bits per heavy atom. The van der Waals surface area contributed by atoms with Crippen LogP contribution in [0.25, 0.3) is 0 Å². The van der Waals surface area contributed by atoms with E-state index in [1.807, 2.05) is 11.8 Å². The van der Waals surface area contributed by atoms with Crippen LogP contribution < -0.4 is 0 Å². The van der Waals surface area contributed by atoms with Crippen molar-refractivity contribution in [1.29, 1.82) is 0 Å². The van der Waals surface area contributed by atoms with Gasteiger partial charge in [-0.15, -0.1) is 12.8 Å². The number of hydrogen-bond donors (Lipinski definition) is 0. The Morgan fingerprint density at radius 3 is 1.25 bits per heavy atom. The summed E-state index contributed by atoms with van der Waals surface area (Å²) in [4.78, 5) is 6.31. The van der Waals surface area contributed by atoms with E-state index in [0.717, 1.165) is 12.4 Å². The van der Waals surface area contributed by atoms with Crippen molar-refractivity contribution in [2.75, 3.05) is 0 Å². The first-order chi connectivity index (χ1) is 11.1. The SMILES string of the molecule is C#Cc1cccnc1C(F)(F)F.C#Cc1cccnc1C(F)(F)F. The number of halogens is 6. The lowest BCUT2D eigenvalue weighted by molar-refractivity contribution is -0.142. The van der Waals surface area contributed by atoms with Gasteiger partial charge in [-0.2, -0.15) is 26.3 Å². The molecule has 2 aromatic heterocycles. The van der Waals surface area contributed by atoms with Gasteiger partial charge in [0.25, 0.3) is 0 Å². The van der Waals surface area contributed by atoms with Crippen molar-refractivity contribution < 1.29 is 26.3 Å². The van der Waals surface area contributed by atoms with E-state index in [-0.39, 0.29) is 11.1 Å². The predicted octanol–water partition coefficient (Wildman–Crippen LogP) is 4.16. The van der Waals surface area contributed by atoms with Gasteiger partial charge in [0.05, 0.1) is 11.1 Å². The third-order valence-electron chi connectivity index (χ3n) is 2.46. The van der Waals surface area contributed by atoms with Crippen LogP contribution in [0.3, 0.4) is 0 Å². The molecule has 0 bridgehead atoms. The number of aromatic nitrogens is 2. The van der Waals surface area contributed by atoms with E-state index in [4.69, 9.17) is 12.8 Å². The fourth-order valence-corrected chi connectivity index (χ4v) is 1.50. The van der Waals surface area contributed by atoms with Crippen molar-refractivity contribution >= 4 is 0 Å². The van der Waals surface area contributed by atoms with Gasteiger partial charge in [0.15, 0.2) is 11.4 Å². The van der Waals surface area contributed by atoms with Gasteiger partial charge in [-0.05, 0) is 24.3 Å². The molecule has 2 nitrogen and oxygen atoms in total. The number of hydrogen-bond acceptors (Lipinski definition) is 2. The molecule has 0 saturated carbocycles. The first-order valence-corrected chi connectivity index (χ1v) is 6.09. The molecule has 0 amide bonds. The van der Waals surface area contributed by atoms with Crippen molar-refractivity contribution in [2.24, 2.45) is 0 Å². The lowest BCUT2D eigenvalue weighted by atomic mass is 10.2. The Hall–Kier alpha value is -3.00. The number of nitrogens with zero attached hydrogens (tertiary/aromatic N) is 2. The summed E-state index contributed by atoms with van der Waals surface area (Å²) in [5, 5.41) is 0. The number of rotatable bonds is 0. The molecule has 2 rings (SSSR count). The van der Waals surface area contributed by atoms with Crippen LogP contribution in [0.15, 0.2) is 36.7 Å². The molecule has 2 heterocycles. The minimum atomic E-state index is -4.47. The van der Waals surface area contributed by atoms with Gasteiger partial charge in [-0.3, -0.25) is 9.97 Å². The van der Waals surface area contributed by atoms with Crippen molar-refractivity contribution in [3.8, 4) is 24.7 Å². The monoisotopic (exact) mass is 342 g/mol. The van der Waals surface area contributed by atoms with Crippen LogP contribution in [-0.4, -0.2) is 9.97 Å². The Balaban J connectivity index is 0.000000240. The molecular weight excluding hydrogens is 334 g/mol. The van der Waals surface area contributed by atoms with Crippen LogP contribution in [-0.2, 0) is 12.4 Å². The van der Waals surface area contributed by atoms with Gasteiger partial charge in [-0.25, -0.2) is 0 Å². The smallest absolute Gasteiger partial charge is 0.251 e. The molecule has 0 aliphatic rings. The van der Waals surface area contributed by atoms with Crippen LogP contribution in [0.1, 0.15) is 22.5 Å². The molecule has 0 unspecified atom stereocenters. The average molecular weight is 342 g/mol. The van der Waals surface area contributed by atoms with E-state index in [9.17, 15) is 26.3 Å². The lowest BCUT2D eigenvalue weighted by Crippen LogP contribution is -2.09. The van der Waals surface area contributed by atoms with Gasteiger partial charge < -0.3 is 0 Å². The summed E-state index contributed by atoms with van der Waals surface area (Å²) in [5.74, 6) is 3.84. The van der Waals surface area contributed by atoms with E-state index in [2.05, 4.69) is 9.97 Å². The minimum Gasteiger partial charge on any atom is -0.251 e. The van der Waals surface area contributed by atoms with Crippen molar-refractivity contribution in [1.82, 2.24) is 9.97 Å². The zero-order valence-corrected chi connectivity index (χ0v) is 11.8. The summed E-state index contributed by atoms with van der Waals surface area (Å²) in [7, 11) is 0. The quantitative estimate of drug-likeness (QED) is 0.531. The highest BCUT2D eigenvalue weighted by Gasteiger charge is 2.35. The molecule has 2 aromatic rings. The molecular formula is C16H8F6N2. The summed E-state index contributed by atoms with van der Waals surface area (Å²) in [6.45, 7) is 0. The third kappa shape index (κ3) is 5.03. The van der Waals surface area contributed by atoms with Crippen LogP contribution in [0, 0.1) is 24.7 Å². The summed E-state index contributed by atoms with van der Waals surface area (Å²) in [5.41, 5.74) is -2.48. The van der Waals surface area contributed by atoms with Gasteiger partial charge in [0, 0.05) is 12.4 Å². The predicted molar refractivity (Wildman–Crippen MR) is 74.3 cm³/mol. The molecule has 0 N–H and O–H groups in total. The molecule has 0 saturated heterocycles. The summed E-state index contributed by atoms with van der Waals surface area (Å²) in [6.07, 6.45) is 2.89. The van der Waals surface area contributed by atoms with E-state index in [1.165, 1.54) is 24.3 Å². The van der Waals surface area contributed by atoms with E-state index in [0.29, 0.717) is 0 Å². The Morgan fingerprint density at radius 2 is 1.04 bits per heavy atom. The average Bonchev–Trinajstić information content (AvgIpc) is 2.53. The Kier molecular flexibility index (Phi) is 5.96. The molecule has 0 spiro atoms. The lowest BCUT2D eigenvalue weighted by Gasteiger charge is -2.06. The number of pyridine rings is 2. The van der Waals surface area contributed by atoms with Gasteiger partial charge in [-0.1, -0.05) is 11.8 Å². The van der Waals surface area contributed by atoms with Crippen molar-refractivity contribution in [3.63, 3.8) is 0 Å². The summed E-state index contributed by atoms with van der Waals surface area (Å²) < 4.78 is 72.5. The van der Waals surface area contributed by atoms with Gasteiger partial charge in [0.1, 0.15) is 0 Å². The highest BCUT2D eigenvalue weighted by molar-refractivity contribution is 5.37. The van der Waals surface area contributed by atoms with E-state index >= 15 is 0 Å². The zero-order valence-electron chi connectivity index (χ0n) is 11.8. The largest absolute Gasteiger partial charge is 0.434 e. The highest BCUT2D eigenvalue weighted by Crippen LogP contribution is 2.30. The Labute approximate surface area is 133 Å². The standard InChI is InChI=1S/2C8H4F3N/c2*1-2-6-4-3-5-12-7(6)8(9,10)11/h2*1,3-5H. The van der Waals surface area contributed by atoms with E-state index < -0.39 is 23.7 Å². The molecule has 0 atom stereocenters. The molecule has 0 aliphatic carbocycles. The third-order valence-corrected chi connectivity index (χ3v) is 2.46. The molecule has 124 valence electrons. The zero-order chi connectivity index (χ0) is 18.4. The minimum absolute atomic E-state index is 0.231. The van der Waals surface area contributed by atoms with Crippen LogP contribution in [0.4, 0.5) is 26.3 Å². The molecule has 0 aromatic carbocycles. The van der Waals surface area contributed by atoms with E-state index in [1.54, 1.807) is 0 Å². The maximum Gasteiger partial charge on any atom is 0.434 e. The number of alkyl halides is 6. The maximum atomic E-state index is 12.1. The molecule has 8 heteroatoms. The fraction of sp³-hybridized carbons (Fsp3) is 0.125. The Bertz CT molecular complexity index is 711. The molecule has 0 aliphatic heterocycles. The normalized spacial score (nSPS) is 10.8. The van der Waals surface area contributed by atoms with Crippen LogP contribution in [0.2, 0.25) is 0 Å². The second-order valence-electron chi connectivity index (χ2n) is 4.08. The summed E-state index contributed by atoms with van der Waals surface area (Å²) >= 11 is 0. The van der Waals surface area contributed by atoms with Crippen molar-refractivity contribution in [3.05, 3.63) is 59.2 Å². The second-order valence-corrected chi connectivity index (χ2v) is 4.08. The maximum absolute atomic E-state index is 12.1. The summed E-state index contributed by atoms with van der Waals surface area (Å²) in [6, 6.07) is 5.14. The second kappa shape index (κ2) is 7.51. The first-order valence-electron chi connectivity index (χ1n) is 6.09. The van der Waals surface area contributed by atoms with Crippen molar-refractivity contribution in [2.45, 2.75) is 12.4 Å². The first kappa shape index (κ1) is 19.0. The topological polar surface area (TPSA) is 25.8 Å². The highest BCUT2D eigenvalue weighted by atomic mass is 19.4. The van der Waals surface area contributed by atoms with Gasteiger partial charge in [0.2, 0.25) is 0 Å². The van der Waals surface area contributed by atoms with Crippen LogP contribution in [0.5, 0.6) is 0 Å². The van der Waals surface area contributed by atoms with Gasteiger partial charge >= 0.3 is 12.4 Å². The fourth-order valence-electron chi connectivity index (χ4n) is 1.50.